The van der Waals surface area contributed by atoms with Crippen molar-refractivity contribution >= 4 is 34.2 Å². The van der Waals surface area contributed by atoms with Gasteiger partial charge in [-0.15, -0.1) is 0 Å². The molecule has 6 nitrogen and oxygen atoms in total. The van der Waals surface area contributed by atoms with E-state index in [9.17, 15) is 36.2 Å². The van der Waals surface area contributed by atoms with Gasteiger partial charge in [-0.1, -0.05) is 24.3 Å². The van der Waals surface area contributed by atoms with E-state index in [1.807, 2.05) is 0 Å². The number of hydrogen-bond donors (Lipinski definition) is 2. The fraction of sp³-hybridized carbons (Fsp3) is 0.0385. The molecule has 0 saturated carbocycles. The Kier molecular flexibility index (Phi) is 7.28. The predicted octanol–water partition coefficient (Wildman–Crippen LogP) is 6.40. The molecule has 0 heterocycles. The largest absolute Gasteiger partial charge is 0.755 e. The highest BCUT2D eigenvalue weighted by atomic mass is 32.2. The summed E-state index contributed by atoms with van der Waals surface area (Å²) in [6.45, 7) is 0. The number of hydrogen-bond acceptors (Lipinski definition) is 4. The Balaban J connectivity index is 1.53. The molecule has 0 aliphatic heterocycles. The normalized spacial score (nSPS) is 12.1. The molecule has 1 atom stereocenters. The molecule has 0 aliphatic rings. The second-order valence-corrected chi connectivity index (χ2v) is 8.60. The van der Waals surface area contributed by atoms with Gasteiger partial charge in [0.2, 0.25) is 0 Å². The Morgan fingerprint density at radius 1 is 0.865 bits per heavy atom. The van der Waals surface area contributed by atoms with Gasteiger partial charge in [-0.05, 0) is 77.9 Å². The average Bonchev–Trinajstić information content (AvgIpc) is 2.86. The first-order valence-corrected chi connectivity index (χ1v) is 11.6. The van der Waals surface area contributed by atoms with Crippen LogP contribution in [0.5, 0.6) is 5.75 Å². The van der Waals surface area contributed by atoms with E-state index in [2.05, 4.69) is 5.32 Å². The zero-order chi connectivity index (χ0) is 26.7. The maximum absolute atomic E-state index is 13.3. The van der Waals surface area contributed by atoms with Crippen molar-refractivity contribution in [3.63, 3.8) is 0 Å². The zero-order valence-electron chi connectivity index (χ0n) is 18.7. The third-order valence-electron chi connectivity index (χ3n) is 5.35. The summed E-state index contributed by atoms with van der Waals surface area (Å²) in [5, 5.41) is 12.9. The molecule has 0 aromatic heterocycles. The summed E-state index contributed by atoms with van der Waals surface area (Å²) < 4.78 is 76.1. The molecule has 0 bridgehead atoms. The van der Waals surface area contributed by atoms with Gasteiger partial charge in [-0.2, -0.15) is 13.2 Å². The maximum Gasteiger partial charge on any atom is 0.416 e. The summed E-state index contributed by atoms with van der Waals surface area (Å²) in [6, 6.07) is 19.1. The average molecular weight is 529 g/mol. The number of phenols is 1. The molecule has 4 rings (SSSR count). The van der Waals surface area contributed by atoms with Crippen molar-refractivity contribution in [2.24, 2.45) is 0 Å². The van der Waals surface area contributed by atoms with Gasteiger partial charge in [0.15, 0.2) is 0 Å². The molecule has 0 spiro atoms. The van der Waals surface area contributed by atoms with E-state index in [1.54, 1.807) is 12.1 Å². The summed E-state index contributed by atoms with van der Waals surface area (Å²) in [7, 11) is 0. The summed E-state index contributed by atoms with van der Waals surface area (Å²) >= 11 is -2.88. The Hall–Kier alpha value is -4.22. The van der Waals surface area contributed by atoms with E-state index >= 15 is 0 Å². The Labute approximate surface area is 211 Å². The van der Waals surface area contributed by atoms with Crippen molar-refractivity contribution in [2.75, 3.05) is 9.62 Å². The molecular formula is C26H17F4N2O4S-. The molecule has 4 aromatic carbocycles. The number of benzene rings is 4. The number of nitrogens with zero attached hydrogens (tertiary/aromatic N) is 1. The lowest BCUT2D eigenvalue weighted by Gasteiger charge is -2.27. The van der Waals surface area contributed by atoms with Crippen molar-refractivity contribution in [3.05, 3.63) is 108 Å². The van der Waals surface area contributed by atoms with Gasteiger partial charge in [0.1, 0.15) is 11.6 Å². The van der Waals surface area contributed by atoms with Gasteiger partial charge in [-0.3, -0.25) is 13.3 Å². The van der Waals surface area contributed by atoms with Crippen LogP contribution in [-0.2, 0) is 17.4 Å². The number of alkyl halides is 3. The van der Waals surface area contributed by atoms with E-state index in [1.165, 1.54) is 54.6 Å². The molecule has 0 fully saturated rings. The zero-order valence-corrected chi connectivity index (χ0v) is 19.5. The SMILES string of the molecule is O=C(Nc1ccc(O)c(N(c2ccc(F)cc2)S(=O)[O-])c1)c1ccc(-c2ccc(C(F)(F)F)cc2)cc1. The van der Waals surface area contributed by atoms with Crippen LogP contribution in [0, 0.1) is 5.82 Å². The van der Waals surface area contributed by atoms with Crippen LogP contribution >= 0.6 is 0 Å². The smallest absolute Gasteiger partial charge is 0.416 e. The molecule has 4 aromatic rings. The first-order chi connectivity index (χ1) is 17.5. The van der Waals surface area contributed by atoms with Crippen LogP contribution in [-0.4, -0.2) is 19.8 Å². The number of aromatic hydroxyl groups is 1. The Morgan fingerprint density at radius 3 is 1.97 bits per heavy atom. The quantitative estimate of drug-likeness (QED) is 0.172. The number of halogens is 4. The van der Waals surface area contributed by atoms with Gasteiger partial charge < -0.3 is 15.0 Å². The minimum Gasteiger partial charge on any atom is -0.755 e. The van der Waals surface area contributed by atoms with Gasteiger partial charge in [-0.25, -0.2) is 4.39 Å². The van der Waals surface area contributed by atoms with Crippen molar-refractivity contribution in [3.8, 4) is 16.9 Å². The fourth-order valence-electron chi connectivity index (χ4n) is 3.51. The molecule has 2 N–H and O–H groups in total. The first kappa shape index (κ1) is 25.9. The fourth-order valence-corrected chi connectivity index (χ4v) is 4.12. The standard InChI is InChI=1S/C26H18F4N2O4S/c27-20-9-12-22(13-10-20)32(37(35)36)23-15-21(11-14-24(23)33)31-25(34)18-3-1-16(2-4-18)17-5-7-19(8-6-17)26(28,29)30/h1-15,33H,(H,31,34)(H,35,36)/p-1. The highest BCUT2D eigenvalue weighted by Gasteiger charge is 2.30. The lowest BCUT2D eigenvalue weighted by Crippen LogP contribution is -2.20. The number of nitrogens with one attached hydrogen (secondary N) is 1. The number of phenolic OH excluding ortho intramolecular Hbond substituents is 1. The van der Waals surface area contributed by atoms with Crippen molar-refractivity contribution < 1.29 is 36.2 Å². The third kappa shape index (κ3) is 5.96. The maximum atomic E-state index is 13.3. The molecule has 11 heteroatoms. The van der Waals surface area contributed by atoms with Crippen LogP contribution in [0.2, 0.25) is 0 Å². The molecule has 1 unspecified atom stereocenters. The van der Waals surface area contributed by atoms with Crippen LogP contribution in [0.3, 0.4) is 0 Å². The monoisotopic (exact) mass is 529 g/mol. The number of rotatable bonds is 6. The lowest BCUT2D eigenvalue weighted by molar-refractivity contribution is -0.137. The van der Waals surface area contributed by atoms with E-state index in [-0.39, 0.29) is 22.6 Å². The summed E-state index contributed by atoms with van der Waals surface area (Å²) in [5.74, 6) is -1.52. The van der Waals surface area contributed by atoms with Crippen LogP contribution < -0.4 is 9.62 Å². The molecule has 0 saturated heterocycles. The van der Waals surface area contributed by atoms with Gasteiger partial charge in [0, 0.05) is 11.3 Å². The molecule has 0 radical (unpaired) electrons. The van der Waals surface area contributed by atoms with Crippen LogP contribution in [0.1, 0.15) is 15.9 Å². The number of carbonyl (C=O) groups excluding carboxylic acids is 1. The minimum absolute atomic E-state index is 0.0624. The lowest BCUT2D eigenvalue weighted by atomic mass is 10.0. The second-order valence-electron chi connectivity index (χ2n) is 7.80. The highest BCUT2D eigenvalue weighted by Crippen LogP contribution is 2.36. The molecule has 37 heavy (non-hydrogen) atoms. The summed E-state index contributed by atoms with van der Waals surface area (Å²) in [4.78, 5) is 12.7. The third-order valence-corrected chi connectivity index (χ3v) is 6.06. The van der Waals surface area contributed by atoms with E-state index < -0.39 is 40.5 Å². The van der Waals surface area contributed by atoms with E-state index in [0.29, 0.717) is 11.1 Å². The van der Waals surface area contributed by atoms with Crippen LogP contribution in [0.4, 0.5) is 34.6 Å². The number of amides is 1. The predicted molar refractivity (Wildman–Crippen MR) is 130 cm³/mol. The van der Waals surface area contributed by atoms with E-state index in [4.69, 9.17) is 0 Å². The highest BCUT2D eigenvalue weighted by molar-refractivity contribution is 7.81. The first-order valence-electron chi connectivity index (χ1n) is 10.6. The number of carbonyl (C=O) groups is 1. The molecular weight excluding hydrogens is 512 g/mol. The van der Waals surface area contributed by atoms with Gasteiger partial charge >= 0.3 is 6.18 Å². The van der Waals surface area contributed by atoms with Crippen LogP contribution in [0.15, 0.2) is 91.0 Å². The van der Waals surface area contributed by atoms with Crippen molar-refractivity contribution in [2.45, 2.75) is 6.18 Å². The Bertz CT molecular complexity index is 1440. The molecule has 190 valence electrons. The molecule has 1 amide bonds. The topological polar surface area (TPSA) is 92.7 Å². The van der Waals surface area contributed by atoms with Gasteiger partial charge in [0.25, 0.3) is 5.91 Å². The second kappa shape index (κ2) is 10.4. The van der Waals surface area contributed by atoms with Crippen LogP contribution in [0.25, 0.3) is 11.1 Å². The molecule has 0 aliphatic carbocycles. The summed E-state index contributed by atoms with van der Waals surface area (Å²) in [6.07, 6.45) is -4.44. The summed E-state index contributed by atoms with van der Waals surface area (Å²) in [5.41, 5.74) is 0.664. The number of anilines is 3. The van der Waals surface area contributed by atoms with Gasteiger partial charge in [0.05, 0.1) is 28.2 Å². The minimum atomic E-state index is -4.44. The van der Waals surface area contributed by atoms with Crippen molar-refractivity contribution in [1.82, 2.24) is 0 Å². The van der Waals surface area contributed by atoms with E-state index in [0.717, 1.165) is 28.6 Å². The Morgan fingerprint density at radius 2 is 1.43 bits per heavy atom. The van der Waals surface area contributed by atoms with Crippen molar-refractivity contribution in [1.29, 1.82) is 0 Å².